The number of carbonyl (C=O) groups excluding carboxylic acids is 5. The number of anilines is 4. The van der Waals surface area contributed by atoms with Crippen molar-refractivity contribution in [1.29, 1.82) is 0 Å². The van der Waals surface area contributed by atoms with Gasteiger partial charge >= 0.3 is 36.1 Å². The van der Waals surface area contributed by atoms with E-state index in [0.29, 0.717) is 112 Å². The molecule has 1 aliphatic carbocycles. The minimum absolute atomic E-state index is 0.0152. The molecule has 634 valence electrons. The predicted octanol–water partition coefficient (Wildman–Crippen LogP) is 12.3. The molecule has 16 aromatic rings. The molecule has 1 aliphatic rings. The Morgan fingerprint density at radius 3 is 1.21 bits per heavy atom. The highest BCUT2D eigenvalue weighted by atomic mass is 16.5. The lowest BCUT2D eigenvalue weighted by atomic mass is 10.0. The topological polar surface area (TPSA) is 493 Å². The van der Waals surface area contributed by atoms with Crippen molar-refractivity contribution < 1.29 is 43.3 Å². The number of H-pyrrole nitrogens is 4. The van der Waals surface area contributed by atoms with Crippen LogP contribution < -0.4 is 53.7 Å². The highest BCUT2D eigenvalue weighted by molar-refractivity contribution is 5.99. The van der Waals surface area contributed by atoms with Crippen LogP contribution in [-0.4, -0.2) is 185 Å². The van der Waals surface area contributed by atoms with E-state index in [4.69, 9.17) is 9.47 Å². The Kier molecular flexibility index (Phi) is 25.4. The Labute approximate surface area is 705 Å². The van der Waals surface area contributed by atoms with Gasteiger partial charge in [0, 0.05) is 136 Å². The standard InChI is InChI=1S/C23H27N7O3.C22H23N7O2.C21H21N7O3.C19H17N7O3/c1-5-24-22(32)28-21-26-17-11-16(12-18(20(17)27-21)30-9-6-8-25-30)15-7-10-29(19(31)13-15)14-23(2,3)33-4;1-3-23-22(31)27-21-25-17-10-15(11-18(20(17)26-21)28-8-4-7-24-28)14-9-13(2)29(16-5-6-16)19(30)12-14;1-3-23-21(30)27-20-25-16-8-14(13-6-5-7-22-10-13)9-17(18(16)26-20)28-12-15(11-24-28)19(29)31-4-2;1-2-21-19(29)25-18-23-14-6-12(11-4-3-5-20-8-11)7-15(16(14)24-18)26-10-13(9-22-26)17(27)28/h6-13H,5,14H2,1-4H3,(H3,24,26,27,28,32);4,7-12,16H,3,5-6H2,1-2H3,(H3,23,25,26,27,31);5-12H,3-4H2,1-2H3,(H3,23,25,26,27,30);3-10H,2H2,1H3,(H,27,28)(H3,21,23,24,25,29). The Balaban J connectivity index is 0.000000135. The average Bonchev–Trinajstić information content (AvgIpc) is 1.65. The molecule has 39 nitrogen and oxygen atoms in total. The third-order valence-electron chi connectivity index (χ3n) is 19.4. The van der Waals surface area contributed by atoms with Gasteiger partial charge in [-0.25, -0.2) is 67.4 Å². The van der Waals surface area contributed by atoms with Gasteiger partial charge in [-0.3, -0.25) is 40.8 Å². The zero-order valence-electron chi connectivity index (χ0n) is 68.8. The van der Waals surface area contributed by atoms with Gasteiger partial charge in [0.1, 0.15) is 22.1 Å². The highest BCUT2D eigenvalue weighted by Crippen LogP contribution is 2.38. The highest BCUT2D eigenvalue weighted by Gasteiger charge is 2.28. The summed E-state index contributed by atoms with van der Waals surface area (Å²) in [5, 5.41) is 47.8. The summed E-state index contributed by atoms with van der Waals surface area (Å²) >= 11 is 0. The second-order valence-electron chi connectivity index (χ2n) is 28.8. The molecule has 4 aromatic carbocycles. The fraction of sp³-hybridized carbons (Fsp3) is 0.224. The number of imidazole rings is 4. The maximum absolute atomic E-state index is 12.8. The van der Waals surface area contributed by atoms with Crippen LogP contribution in [0, 0.1) is 6.92 Å². The van der Waals surface area contributed by atoms with Crippen LogP contribution in [0.4, 0.5) is 43.0 Å². The van der Waals surface area contributed by atoms with E-state index in [1.807, 2.05) is 162 Å². The number of ether oxygens (including phenoxy) is 2. The van der Waals surface area contributed by atoms with Crippen molar-refractivity contribution in [1.82, 2.24) is 119 Å². The van der Waals surface area contributed by atoms with Gasteiger partial charge in [0.2, 0.25) is 23.8 Å². The number of carboxylic acid groups (broad SMARTS) is 1. The Morgan fingerprint density at radius 1 is 0.460 bits per heavy atom. The van der Waals surface area contributed by atoms with E-state index < -0.39 is 17.5 Å². The second kappa shape index (κ2) is 37.4. The summed E-state index contributed by atoms with van der Waals surface area (Å²) in [6.07, 6.45) is 23.5. The molecular formula is C85H88N28O11. The van der Waals surface area contributed by atoms with E-state index in [2.05, 4.69) is 113 Å². The average molecular weight is 1680 g/mol. The van der Waals surface area contributed by atoms with Crippen LogP contribution in [0.15, 0.2) is 199 Å². The number of pyridine rings is 4. The Hall–Kier alpha value is -16.2. The first kappa shape index (κ1) is 84.2. The minimum atomic E-state index is -1.07. The first-order valence-electron chi connectivity index (χ1n) is 39.6. The molecule has 1 saturated carbocycles. The first-order valence-corrected chi connectivity index (χ1v) is 39.6. The van der Waals surface area contributed by atoms with E-state index in [9.17, 15) is 43.5 Å². The van der Waals surface area contributed by atoms with Crippen molar-refractivity contribution in [3.8, 4) is 67.3 Å². The van der Waals surface area contributed by atoms with Gasteiger partial charge in [-0.1, -0.05) is 12.1 Å². The molecule has 17 rings (SSSR count). The summed E-state index contributed by atoms with van der Waals surface area (Å²) in [5.74, 6) is -0.305. The Bertz CT molecular complexity index is 6690. The molecule has 39 heteroatoms. The number of methoxy groups -OCH3 is 1. The van der Waals surface area contributed by atoms with Crippen molar-refractivity contribution in [3.63, 3.8) is 0 Å². The number of aryl methyl sites for hydroxylation is 1. The summed E-state index contributed by atoms with van der Waals surface area (Å²) in [6, 6.07) is 32.6. The lowest BCUT2D eigenvalue weighted by molar-refractivity contribution is 0.00737. The number of aromatic carboxylic acids is 1. The third kappa shape index (κ3) is 19.7. The fourth-order valence-electron chi connectivity index (χ4n) is 13.4. The molecule has 124 heavy (non-hydrogen) atoms. The number of amides is 8. The van der Waals surface area contributed by atoms with Crippen molar-refractivity contribution in [3.05, 3.63) is 227 Å². The summed E-state index contributed by atoms with van der Waals surface area (Å²) < 4.78 is 20.4. The fourth-order valence-corrected chi connectivity index (χ4v) is 13.4. The van der Waals surface area contributed by atoms with Gasteiger partial charge < -0.3 is 64.9 Å². The number of carbonyl (C=O) groups is 6. The normalized spacial score (nSPS) is 11.7. The molecular weight excluding hydrogens is 1590 g/mol. The van der Waals surface area contributed by atoms with Crippen LogP contribution in [0.2, 0.25) is 0 Å². The monoisotopic (exact) mass is 1680 g/mol. The van der Waals surface area contributed by atoms with Gasteiger partial charge in [-0.05, 0) is 187 Å². The third-order valence-corrected chi connectivity index (χ3v) is 19.4. The number of nitrogens with one attached hydrogen (secondary N) is 12. The smallest absolute Gasteiger partial charge is 0.341 e. The number of hydrogen-bond acceptors (Lipinski definition) is 20. The quantitative estimate of drug-likeness (QED) is 0.0265. The summed E-state index contributed by atoms with van der Waals surface area (Å²) in [6.45, 7) is 17.6. The Morgan fingerprint density at radius 2 is 0.855 bits per heavy atom. The van der Waals surface area contributed by atoms with E-state index in [0.717, 1.165) is 79.9 Å². The maximum Gasteiger partial charge on any atom is 0.341 e. The van der Waals surface area contributed by atoms with E-state index >= 15 is 0 Å². The molecule has 0 saturated heterocycles. The molecule has 12 aromatic heterocycles. The number of aromatic nitrogens is 20. The molecule has 0 radical (unpaired) electrons. The number of esters is 1. The van der Waals surface area contributed by atoms with Crippen LogP contribution in [0.5, 0.6) is 0 Å². The molecule has 1 fully saturated rings. The van der Waals surface area contributed by atoms with Crippen LogP contribution in [0.3, 0.4) is 0 Å². The van der Waals surface area contributed by atoms with Crippen molar-refractivity contribution in [2.45, 2.75) is 86.4 Å². The lowest BCUT2D eigenvalue weighted by Gasteiger charge is -2.23. The van der Waals surface area contributed by atoms with Gasteiger partial charge in [0.05, 0.1) is 87.1 Å². The number of aromatic amines is 4. The molecule has 0 aliphatic heterocycles. The molecule has 0 unspecified atom stereocenters. The molecule has 8 amide bonds. The zero-order valence-corrected chi connectivity index (χ0v) is 68.8. The number of benzene rings is 4. The zero-order chi connectivity index (χ0) is 87.3. The summed E-state index contributed by atoms with van der Waals surface area (Å²) in [7, 11) is 1.63. The van der Waals surface area contributed by atoms with Crippen LogP contribution in [-0.2, 0) is 16.0 Å². The van der Waals surface area contributed by atoms with Gasteiger partial charge in [0.15, 0.2) is 0 Å². The number of rotatable bonds is 23. The second-order valence-corrected chi connectivity index (χ2v) is 28.8. The van der Waals surface area contributed by atoms with Crippen molar-refractivity contribution in [2.75, 3.05) is 61.2 Å². The van der Waals surface area contributed by atoms with E-state index in [1.54, 1.807) is 94.4 Å². The SMILES string of the molecule is CCNC(=O)Nc1nc2c(-n3cc(C(=O)O)cn3)cc(-c3cccnc3)cc2[nH]1.CCNC(=O)Nc1nc2c(-n3cc(C(=O)OCC)cn3)cc(-c3cccnc3)cc2[nH]1.CCNC(=O)Nc1nc2c(-n3cccn3)cc(-c3cc(C)n(C4CC4)c(=O)c3)cc2[nH]1.CCNC(=O)Nc1nc2c(-n3cccn3)cc(-c3ccn(CC(C)(C)OC)c(=O)c3)cc2[nH]1. The lowest BCUT2D eigenvalue weighted by Crippen LogP contribution is -2.34. The number of fused-ring (bicyclic) bond motifs is 4. The van der Waals surface area contributed by atoms with Crippen LogP contribution >= 0.6 is 0 Å². The summed E-state index contributed by atoms with van der Waals surface area (Å²) in [5.41, 5.74) is 15.4. The van der Waals surface area contributed by atoms with E-state index in [-0.39, 0.29) is 53.4 Å². The number of carboxylic acids is 1. The van der Waals surface area contributed by atoms with Crippen molar-refractivity contribution >= 4 is 104 Å². The number of nitrogens with zero attached hydrogens (tertiary/aromatic N) is 16. The molecule has 13 N–H and O–H groups in total. The molecule has 0 atom stereocenters. The first-order chi connectivity index (χ1) is 60.0. The molecule has 0 spiro atoms. The van der Waals surface area contributed by atoms with Crippen LogP contribution in [0.25, 0.3) is 111 Å². The van der Waals surface area contributed by atoms with Gasteiger partial charge in [-0.15, -0.1) is 0 Å². The maximum atomic E-state index is 12.8. The number of hydrogen-bond donors (Lipinski definition) is 13. The number of urea groups is 4. The van der Waals surface area contributed by atoms with Crippen LogP contribution in [0.1, 0.15) is 93.8 Å². The molecule has 12 heterocycles. The predicted molar refractivity (Wildman–Crippen MR) is 467 cm³/mol. The van der Waals surface area contributed by atoms with Gasteiger partial charge in [-0.2, -0.15) is 20.4 Å². The van der Waals surface area contributed by atoms with Gasteiger partial charge in [0.25, 0.3) is 11.1 Å². The summed E-state index contributed by atoms with van der Waals surface area (Å²) in [4.78, 5) is 135. The molecule has 0 bridgehead atoms. The van der Waals surface area contributed by atoms with E-state index in [1.165, 1.54) is 23.3 Å². The largest absolute Gasteiger partial charge is 0.478 e. The minimum Gasteiger partial charge on any atom is -0.478 e. The van der Waals surface area contributed by atoms with Crippen molar-refractivity contribution in [2.24, 2.45) is 0 Å².